The van der Waals surface area contributed by atoms with Crippen LogP contribution in [0.1, 0.15) is 19.8 Å². The minimum Gasteiger partial charge on any atom is -0.337 e. The van der Waals surface area contributed by atoms with E-state index in [0.717, 1.165) is 19.6 Å². The lowest BCUT2D eigenvalue weighted by Gasteiger charge is -2.38. The van der Waals surface area contributed by atoms with Crippen LogP contribution in [0.25, 0.3) is 0 Å². The Kier molecular flexibility index (Phi) is 5.10. The number of nitrogens with zero attached hydrogens (tertiary/aromatic N) is 2. The molecule has 0 saturated carbocycles. The van der Waals surface area contributed by atoms with E-state index in [-0.39, 0.29) is 24.4 Å². The maximum absolute atomic E-state index is 12.4. The third kappa shape index (κ3) is 3.86. The number of hydrogen-bond acceptors (Lipinski definition) is 3. The van der Waals surface area contributed by atoms with Gasteiger partial charge < -0.3 is 10.2 Å². The van der Waals surface area contributed by atoms with Crippen molar-refractivity contribution in [2.45, 2.75) is 32.2 Å². The molecule has 4 nitrogen and oxygen atoms in total. The molecule has 19 heavy (non-hydrogen) atoms. The Morgan fingerprint density at radius 3 is 2.58 bits per heavy atom. The van der Waals surface area contributed by atoms with Gasteiger partial charge in [0.1, 0.15) is 0 Å². The Morgan fingerprint density at radius 1 is 1.32 bits per heavy atom. The van der Waals surface area contributed by atoms with Crippen molar-refractivity contribution in [3.05, 3.63) is 0 Å². The van der Waals surface area contributed by atoms with Gasteiger partial charge in [0.05, 0.1) is 6.54 Å². The van der Waals surface area contributed by atoms with Crippen LogP contribution in [-0.2, 0) is 4.79 Å². The van der Waals surface area contributed by atoms with Crippen LogP contribution in [0.15, 0.2) is 0 Å². The summed E-state index contributed by atoms with van der Waals surface area (Å²) in [4.78, 5) is 16.1. The summed E-state index contributed by atoms with van der Waals surface area (Å²) in [5.41, 5.74) is 0. The van der Waals surface area contributed by atoms with Gasteiger partial charge in [-0.1, -0.05) is 0 Å². The predicted molar refractivity (Wildman–Crippen MR) is 69.2 cm³/mol. The Morgan fingerprint density at radius 2 is 2.00 bits per heavy atom. The van der Waals surface area contributed by atoms with Gasteiger partial charge in [-0.05, 0) is 32.9 Å². The number of alkyl halides is 2. The maximum atomic E-state index is 12.4. The largest absolute Gasteiger partial charge is 0.337 e. The molecule has 6 heteroatoms. The highest BCUT2D eigenvalue weighted by Crippen LogP contribution is 2.21. The lowest BCUT2D eigenvalue weighted by Crippen LogP contribution is -2.54. The van der Waals surface area contributed by atoms with Crippen LogP contribution in [0.5, 0.6) is 0 Å². The Balaban J connectivity index is 1.81. The summed E-state index contributed by atoms with van der Waals surface area (Å²) < 4.78 is 24.6. The third-order valence-electron chi connectivity index (χ3n) is 4.12. The fraction of sp³-hybridized carbons (Fsp3) is 0.923. The second-order valence-corrected chi connectivity index (χ2v) is 5.55. The number of amides is 1. The first-order chi connectivity index (χ1) is 9.08. The molecule has 1 N–H and O–H groups in total. The topological polar surface area (TPSA) is 35.6 Å². The molecular formula is C13H23F2N3O. The molecule has 110 valence electrons. The molecule has 0 spiro atoms. The van der Waals surface area contributed by atoms with Gasteiger partial charge in [0, 0.05) is 31.6 Å². The molecule has 0 radical (unpaired) electrons. The number of hydrogen-bond donors (Lipinski definition) is 1. The quantitative estimate of drug-likeness (QED) is 0.827. The zero-order chi connectivity index (χ0) is 13.8. The first kappa shape index (κ1) is 14.7. The van der Waals surface area contributed by atoms with E-state index in [1.165, 1.54) is 0 Å². The van der Waals surface area contributed by atoms with Crippen LogP contribution in [0.3, 0.4) is 0 Å². The number of piperazine rings is 1. The number of carbonyl (C=O) groups excluding carboxylic acids is 1. The van der Waals surface area contributed by atoms with E-state index in [2.05, 4.69) is 12.2 Å². The fourth-order valence-corrected chi connectivity index (χ4v) is 2.96. The first-order valence-corrected chi connectivity index (χ1v) is 7.09. The highest BCUT2D eigenvalue weighted by molar-refractivity contribution is 5.79. The molecule has 2 fully saturated rings. The summed E-state index contributed by atoms with van der Waals surface area (Å²) in [5.74, 6) is 0.236. The summed E-state index contributed by atoms with van der Waals surface area (Å²) >= 11 is 0. The highest BCUT2D eigenvalue weighted by Gasteiger charge is 2.32. The number of nitrogens with one attached hydrogen (secondary N) is 1. The van der Waals surface area contributed by atoms with Crippen LogP contribution in [0, 0.1) is 5.92 Å². The average molecular weight is 275 g/mol. The molecule has 2 heterocycles. The molecule has 0 bridgehead atoms. The van der Waals surface area contributed by atoms with Crippen LogP contribution in [-0.4, -0.2) is 67.4 Å². The molecule has 2 saturated heterocycles. The lowest BCUT2D eigenvalue weighted by molar-refractivity contribution is -0.140. The standard InChI is InChI=1S/C13H23F2N3O/c1-10-8-16-4-7-18(10)13(19)11-2-5-17(6-3-11)9-12(14)15/h10-12,16H,2-9H2,1H3/t10-/m1/s1. The normalized spacial score (nSPS) is 26.9. The van der Waals surface area contributed by atoms with E-state index >= 15 is 0 Å². The van der Waals surface area contributed by atoms with Crippen molar-refractivity contribution >= 4 is 5.91 Å². The van der Waals surface area contributed by atoms with Gasteiger partial charge in [0.15, 0.2) is 0 Å². The summed E-state index contributed by atoms with van der Waals surface area (Å²) in [7, 11) is 0. The number of likely N-dealkylation sites (tertiary alicyclic amines) is 1. The molecule has 0 aliphatic carbocycles. The van der Waals surface area contributed by atoms with Crippen LogP contribution in [0.4, 0.5) is 8.78 Å². The van der Waals surface area contributed by atoms with E-state index in [1.54, 1.807) is 4.90 Å². The van der Waals surface area contributed by atoms with E-state index in [4.69, 9.17) is 0 Å². The minimum atomic E-state index is -2.28. The Labute approximate surface area is 113 Å². The van der Waals surface area contributed by atoms with Crippen molar-refractivity contribution < 1.29 is 13.6 Å². The molecule has 1 atom stereocenters. The van der Waals surface area contributed by atoms with E-state index in [1.807, 2.05) is 4.90 Å². The molecule has 2 aliphatic heterocycles. The van der Waals surface area contributed by atoms with Crippen molar-refractivity contribution in [3.63, 3.8) is 0 Å². The molecule has 0 aromatic heterocycles. The SMILES string of the molecule is C[C@@H]1CNCCN1C(=O)C1CCN(CC(F)F)CC1. The van der Waals surface area contributed by atoms with E-state index in [9.17, 15) is 13.6 Å². The van der Waals surface area contributed by atoms with Crippen molar-refractivity contribution in [1.82, 2.24) is 15.1 Å². The van der Waals surface area contributed by atoms with Gasteiger partial charge in [-0.3, -0.25) is 9.69 Å². The second kappa shape index (κ2) is 6.61. The lowest BCUT2D eigenvalue weighted by atomic mass is 9.94. The Hall–Kier alpha value is -0.750. The van der Waals surface area contributed by atoms with E-state index in [0.29, 0.717) is 25.9 Å². The Bertz CT molecular complexity index is 306. The minimum absolute atomic E-state index is 0.0227. The zero-order valence-electron chi connectivity index (χ0n) is 11.4. The van der Waals surface area contributed by atoms with Gasteiger partial charge >= 0.3 is 0 Å². The van der Waals surface area contributed by atoms with Crippen molar-refractivity contribution in [2.75, 3.05) is 39.3 Å². The number of rotatable bonds is 3. The molecule has 2 rings (SSSR count). The number of piperidine rings is 1. The molecule has 0 aromatic rings. The zero-order valence-corrected chi connectivity index (χ0v) is 11.4. The van der Waals surface area contributed by atoms with Crippen molar-refractivity contribution in [2.24, 2.45) is 5.92 Å². The maximum Gasteiger partial charge on any atom is 0.251 e. The van der Waals surface area contributed by atoms with Crippen LogP contribution >= 0.6 is 0 Å². The average Bonchev–Trinajstić information content (AvgIpc) is 2.39. The first-order valence-electron chi connectivity index (χ1n) is 7.09. The van der Waals surface area contributed by atoms with Gasteiger partial charge in [0.25, 0.3) is 6.43 Å². The molecule has 2 aliphatic rings. The second-order valence-electron chi connectivity index (χ2n) is 5.55. The fourth-order valence-electron chi connectivity index (χ4n) is 2.96. The van der Waals surface area contributed by atoms with Gasteiger partial charge in [-0.15, -0.1) is 0 Å². The molecule has 1 amide bonds. The molecule has 0 unspecified atom stereocenters. The highest BCUT2D eigenvalue weighted by atomic mass is 19.3. The summed E-state index contributed by atoms with van der Waals surface area (Å²) in [6.07, 6.45) is -0.856. The van der Waals surface area contributed by atoms with Crippen LogP contribution in [0.2, 0.25) is 0 Å². The number of carbonyl (C=O) groups is 1. The van der Waals surface area contributed by atoms with Crippen molar-refractivity contribution in [1.29, 1.82) is 0 Å². The van der Waals surface area contributed by atoms with E-state index < -0.39 is 6.43 Å². The smallest absolute Gasteiger partial charge is 0.251 e. The van der Waals surface area contributed by atoms with Gasteiger partial charge in [-0.25, -0.2) is 8.78 Å². The van der Waals surface area contributed by atoms with Crippen LogP contribution < -0.4 is 5.32 Å². The summed E-state index contributed by atoms with van der Waals surface area (Å²) in [6, 6.07) is 0.236. The van der Waals surface area contributed by atoms with Crippen molar-refractivity contribution in [3.8, 4) is 0 Å². The monoisotopic (exact) mass is 275 g/mol. The molecule has 0 aromatic carbocycles. The summed E-state index contributed by atoms with van der Waals surface area (Å²) in [6.45, 7) is 5.57. The molecular weight excluding hydrogens is 252 g/mol. The number of halogens is 2. The van der Waals surface area contributed by atoms with Gasteiger partial charge in [0.2, 0.25) is 5.91 Å². The van der Waals surface area contributed by atoms with Gasteiger partial charge in [-0.2, -0.15) is 0 Å². The summed E-state index contributed by atoms with van der Waals surface area (Å²) in [5, 5.41) is 3.27. The predicted octanol–water partition coefficient (Wildman–Crippen LogP) is 0.784. The third-order valence-corrected chi connectivity index (χ3v) is 4.12.